The summed E-state index contributed by atoms with van der Waals surface area (Å²) >= 11 is 2.27. The van der Waals surface area contributed by atoms with Crippen LogP contribution in [0.5, 0.6) is 0 Å². The highest BCUT2D eigenvalue weighted by Crippen LogP contribution is 2.23. The lowest BCUT2D eigenvalue weighted by molar-refractivity contribution is 0.528. The van der Waals surface area contributed by atoms with Crippen molar-refractivity contribution in [2.24, 2.45) is 7.05 Å². The zero-order chi connectivity index (χ0) is 11.3. The first-order valence-corrected chi connectivity index (χ1v) is 5.92. The van der Waals surface area contributed by atoms with E-state index < -0.39 is 0 Å². The van der Waals surface area contributed by atoms with E-state index >= 15 is 0 Å². The SMILES string of the molecule is Cn1c(=O)oc2cc3ccc(I)cc3cc21. The van der Waals surface area contributed by atoms with Crippen LogP contribution >= 0.6 is 22.6 Å². The number of aryl methyl sites for hydroxylation is 1. The van der Waals surface area contributed by atoms with Gasteiger partial charge in [0.25, 0.3) is 0 Å². The Balaban J connectivity index is 2.53. The zero-order valence-corrected chi connectivity index (χ0v) is 10.7. The van der Waals surface area contributed by atoms with Gasteiger partial charge in [0.05, 0.1) is 5.52 Å². The highest BCUT2D eigenvalue weighted by Gasteiger charge is 2.07. The Hall–Kier alpha value is -1.30. The van der Waals surface area contributed by atoms with Crippen LogP contribution in [0.4, 0.5) is 0 Å². The number of rotatable bonds is 0. The average molecular weight is 325 g/mol. The molecule has 0 bridgehead atoms. The van der Waals surface area contributed by atoms with Crippen molar-refractivity contribution in [2.45, 2.75) is 0 Å². The summed E-state index contributed by atoms with van der Waals surface area (Å²) in [7, 11) is 1.72. The second-order valence-corrected chi connectivity index (χ2v) is 4.98. The van der Waals surface area contributed by atoms with Crippen molar-refractivity contribution in [2.75, 3.05) is 0 Å². The van der Waals surface area contributed by atoms with E-state index in [1.807, 2.05) is 24.3 Å². The predicted octanol–water partition coefficient (Wildman–Crippen LogP) is 2.89. The van der Waals surface area contributed by atoms with Crippen molar-refractivity contribution in [1.29, 1.82) is 0 Å². The van der Waals surface area contributed by atoms with E-state index in [0.717, 1.165) is 16.3 Å². The van der Waals surface area contributed by atoms with E-state index in [1.54, 1.807) is 7.05 Å². The van der Waals surface area contributed by atoms with Gasteiger partial charge in [-0.15, -0.1) is 0 Å². The predicted molar refractivity (Wildman–Crippen MR) is 71.7 cm³/mol. The molecule has 4 heteroatoms. The molecule has 0 N–H and O–H groups in total. The van der Waals surface area contributed by atoms with Crippen LogP contribution in [-0.4, -0.2) is 4.57 Å². The van der Waals surface area contributed by atoms with Crippen LogP contribution in [0.1, 0.15) is 0 Å². The summed E-state index contributed by atoms with van der Waals surface area (Å²) in [5.74, 6) is -0.319. The molecule has 1 aromatic heterocycles. The van der Waals surface area contributed by atoms with Crippen LogP contribution in [0.2, 0.25) is 0 Å². The third-order valence-corrected chi connectivity index (χ3v) is 3.38. The van der Waals surface area contributed by atoms with Crippen molar-refractivity contribution < 1.29 is 4.42 Å². The van der Waals surface area contributed by atoms with Gasteiger partial charge in [-0.3, -0.25) is 4.57 Å². The van der Waals surface area contributed by atoms with Gasteiger partial charge in [-0.2, -0.15) is 0 Å². The fourth-order valence-electron chi connectivity index (χ4n) is 1.84. The number of halogens is 1. The fourth-order valence-corrected chi connectivity index (χ4v) is 2.36. The van der Waals surface area contributed by atoms with Crippen molar-refractivity contribution in [1.82, 2.24) is 4.57 Å². The maximum Gasteiger partial charge on any atom is 0.419 e. The zero-order valence-electron chi connectivity index (χ0n) is 8.53. The van der Waals surface area contributed by atoms with E-state index in [9.17, 15) is 4.79 Å². The average Bonchev–Trinajstić information content (AvgIpc) is 2.52. The molecule has 0 unspecified atom stereocenters. The largest absolute Gasteiger partial charge is 0.419 e. The summed E-state index contributed by atoms with van der Waals surface area (Å²) in [4.78, 5) is 11.4. The first kappa shape index (κ1) is 9.89. The maximum atomic E-state index is 11.4. The van der Waals surface area contributed by atoms with Gasteiger partial charge in [0.15, 0.2) is 5.58 Å². The van der Waals surface area contributed by atoms with Gasteiger partial charge < -0.3 is 4.42 Å². The van der Waals surface area contributed by atoms with Gasteiger partial charge in [0.2, 0.25) is 0 Å². The van der Waals surface area contributed by atoms with Crippen LogP contribution in [0.25, 0.3) is 21.9 Å². The molecule has 0 amide bonds. The molecule has 0 saturated heterocycles. The van der Waals surface area contributed by atoms with E-state index in [1.165, 1.54) is 8.14 Å². The van der Waals surface area contributed by atoms with E-state index in [0.29, 0.717) is 5.58 Å². The van der Waals surface area contributed by atoms with Gasteiger partial charge in [0.1, 0.15) is 0 Å². The molecule has 0 saturated carbocycles. The molecule has 0 atom stereocenters. The van der Waals surface area contributed by atoms with Crippen LogP contribution in [0, 0.1) is 3.57 Å². The smallest absolute Gasteiger partial charge is 0.408 e. The summed E-state index contributed by atoms with van der Waals surface area (Å²) in [6.07, 6.45) is 0. The first-order chi connectivity index (χ1) is 7.65. The molecule has 3 aromatic rings. The van der Waals surface area contributed by atoms with Crippen LogP contribution in [-0.2, 0) is 7.05 Å². The van der Waals surface area contributed by atoms with E-state index in [4.69, 9.17) is 4.42 Å². The molecule has 0 spiro atoms. The van der Waals surface area contributed by atoms with Crippen LogP contribution < -0.4 is 5.76 Å². The molecule has 0 fully saturated rings. The highest BCUT2D eigenvalue weighted by atomic mass is 127. The Kier molecular flexibility index (Phi) is 2.07. The Morgan fingerprint density at radius 3 is 2.81 bits per heavy atom. The molecule has 2 aromatic carbocycles. The van der Waals surface area contributed by atoms with Gasteiger partial charge in [-0.05, 0) is 57.6 Å². The minimum atomic E-state index is -0.319. The molecule has 0 aliphatic carbocycles. The summed E-state index contributed by atoms with van der Waals surface area (Å²) in [5, 5.41) is 2.21. The van der Waals surface area contributed by atoms with Crippen molar-refractivity contribution in [3.63, 3.8) is 0 Å². The molecule has 0 radical (unpaired) electrons. The monoisotopic (exact) mass is 325 g/mol. The van der Waals surface area contributed by atoms with Crippen molar-refractivity contribution in [3.8, 4) is 0 Å². The molecular weight excluding hydrogens is 317 g/mol. The lowest BCUT2D eigenvalue weighted by Crippen LogP contribution is -2.08. The minimum absolute atomic E-state index is 0.319. The van der Waals surface area contributed by atoms with Crippen LogP contribution in [0.15, 0.2) is 39.5 Å². The Morgan fingerprint density at radius 1 is 1.19 bits per heavy atom. The third kappa shape index (κ3) is 1.36. The molecule has 80 valence electrons. The number of nitrogens with zero attached hydrogens (tertiary/aromatic N) is 1. The Bertz CT molecular complexity index is 755. The molecule has 0 aliphatic rings. The number of fused-ring (bicyclic) bond motifs is 2. The Morgan fingerprint density at radius 2 is 2.00 bits per heavy atom. The summed E-state index contributed by atoms with van der Waals surface area (Å²) in [6.45, 7) is 0. The topological polar surface area (TPSA) is 35.1 Å². The number of hydrogen-bond donors (Lipinski definition) is 0. The number of aromatic nitrogens is 1. The van der Waals surface area contributed by atoms with Gasteiger partial charge in [-0.25, -0.2) is 4.79 Å². The fraction of sp³-hybridized carbons (Fsp3) is 0.0833. The second kappa shape index (κ2) is 3.35. The first-order valence-electron chi connectivity index (χ1n) is 4.84. The number of benzene rings is 2. The summed E-state index contributed by atoms with van der Waals surface area (Å²) in [5.41, 5.74) is 1.47. The third-order valence-electron chi connectivity index (χ3n) is 2.71. The number of oxazole rings is 1. The molecule has 0 aliphatic heterocycles. The lowest BCUT2D eigenvalue weighted by atomic mass is 10.1. The molecule has 1 heterocycles. The second-order valence-electron chi connectivity index (χ2n) is 3.74. The van der Waals surface area contributed by atoms with Gasteiger partial charge in [0, 0.05) is 10.6 Å². The highest BCUT2D eigenvalue weighted by molar-refractivity contribution is 14.1. The van der Waals surface area contributed by atoms with Gasteiger partial charge in [-0.1, -0.05) is 6.07 Å². The summed E-state index contributed by atoms with van der Waals surface area (Å²) in [6, 6.07) is 10.0. The van der Waals surface area contributed by atoms with Crippen LogP contribution in [0.3, 0.4) is 0 Å². The van der Waals surface area contributed by atoms with E-state index in [-0.39, 0.29) is 5.76 Å². The molecular formula is C12H8INO2. The van der Waals surface area contributed by atoms with E-state index in [2.05, 4.69) is 28.7 Å². The molecule has 16 heavy (non-hydrogen) atoms. The Labute approximate surface area is 105 Å². The van der Waals surface area contributed by atoms with Crippen molar-refractivity contribution >= 4 is 44.5 Å². The normalized spacial score (nSPS) is 11.4. The lowest BCUT2D eigenvalue weighted by Gasteiger charge is -1.99. The van der Waals surface area contributed by atoms with Crippen molar-refractivity contribution in [3.05, 3.63) is 44.5 Å². The quantitative estimate of drug-likeness (QED) is 0.596. The minimum Gasteiger partial charge on any atom is -0.408 e. The molecule has 3 nitrogen and oxygen atoms in total. The standard InChI is InChI=1S/C12H8INO2/c1-14-10-5-8-4-9(13)3-2-7(8)6-11(10)16-12(14)15/h2-6H,1H3. The van der Waals surface area contributed by atoms with Gasteiger partial charge >= 0.3 is 5.76 Å². The maximum absolute atomic E-state index is 11.4. The molecule has 3 rings (SSSR count). The summed E-state index contributed by atoms with van der Waals surface area (Å²) < 4.78 is 7.84. The number of hydrogen-bond acceptors (Lipinski definition) is 2.